The number of rotatable bonds is 11. The number of unbranched alkanes of at least 4 members (excludes halogenated alkanes) is 1. The highest BCUT2D eigenvalue weighted by Crippen LogP contribution is 2.14. The number of carbonyl (C=O) groups is 1. The molecule has 3 nitrogen and oxygen atoms in total. The lowest BCUT2D eigenvalue weighted by Crippen LogP contribution is -2.30. The molecule has 0 N–H and O–H groups in total. The van der Waals surface area contributed by atoms with Gasteiger partial charge >= 0.3 is 5.97 Å². The first-order chi connectivity index (χ1) is 8.65. The first-order valence-corrected chi connectivity index (χ1v) is 9.36. The fourth-order valence-electron chi connectivity index (χ4n) is 2.12. The smallest absolute Gasteiger partial charge is 0.330 e. The van der Waals surface area contributed by atoms with Crippen molar-refractivity contribution in [2.75, 3.05) is 13.2 Å². The molecule has 0 radical (unpaired) electrons. The Morgan fingerprint density at radius 2 is 2.06 bits per heavy atom. The van der Waals surface area contributed by atoms with Crippen LogP contribution in [0.1, 0.15) is 40.0 Å². The van der Waals surface area contributed by atoms with Crippen molar-refractivity contribution in [3.05, 3.63) is 12.7 Å². The third-order valence-corrected chi connectivity index (χ3v) is 7.12. The van der Waals surface area contributed by atoms with Gasteiger partial charge in [0.05, 0.1) is 15.4 Å². The van der Waals surface area contributed by atoms with Crippen molar-refractivity contribution in [3.8, 4) is 0 Å². The van der Waals surface area contributed by atoms with Crippen LogP contribution in [0, 0.1) is 0 Å². The lowest BCUT2D eigenvalue weighted by atomic mass is 10.3. The number of ether oxygens (including phenoxy) is 2. The summed E-state index contributed by atoms with van der Waals surface area (Å²) in [5, 5.41) is 0. The first-order valence-electron chi connectivity index (χ1n) is 7.06. The third kappa shape index (κ3) is 8.47. The summed E-state index contributed by atoms with van der Waals surface area (Å²) >= 11 is 0. The van der Waals surface area contributed by atoms with Crippen molar-refractivity contribution in [3.63, 3.8) is 0 Å². The van der Waals surface area contributed by atoms with Crippen molar-refractivity contribution >= 4 is 14.8 Å². The minimum absolute atomic E-state index is 0.319. The second-order valence-corrected chi connectivity index (χ2v) is 8.19. The van der Waals surface area contributed by atoms with Crippen LogP contribution < -0.4 is 0 Å². The molecule has 2 unspecified atom stereocenters. The standard InChI is InChI=1S/C14H28O3Si/c1-5-11-18(13(4)16-7-3)12-9-8-10-17-14(15)6-2/h6,13,18H,2,5,7-12H2,1,3-4H3. The van der Waals surface area contributed by atoms with Crippen molar-refractivity contribution < 1.29 is 14.3 Å². The summed E-state index contributed by atoms with van der Waals surface area (Å²) in [5.74, 6) is -0.319. The van der Waals surface area contributed by atoms with Gasteiger partial charge in [-0.05, 0) is 20.3 Å². The highest BCUT2D eigenvalue weighted by Gasteiger charge is 2.17. The summed E-state index contributed by atoms with van der Waals surface area (Å²) in [6.07, 6.45) is 4.55. The molecule has 0 aliphatic rings. The molecule has 0 saturated carbocycles. The fourth-order valence-corrected chi connectivity index (χ4v) is 5.37. The van der Waals surface area contributed by atoms with Gasteiger partial charge in [-0.25, -0.2) is 4.79 Å². The summed E-state index contributed by atoms with van der Waals surface area (Å²) in [5.41, 5.74) is 0.464. The minimum atomic E-state index is -0.803. The van der Waals surface area contributed by atoms with Gasteiger partial charge in [0.1, 0.15) is 0 Å². The van der Waals surface area contributed by atoms with E-state index in [1.54, 1.807) is 0 Å². The predicted molar refractivity (Wildman–Crippen MR) is 78.5 cm³/mol. The van der Waals surface area contributed by atoms with Crippen molar-refractivity contribution in [1.29, 1.82) is 0 Å². The molecule has 0 fully saturated rings. The van der Waals surface area contributed by atoms with Gasteiger partial charge in [-0.3, -0.25) is 0 Å². The zero-order chi connectivity index (χ0) is 13.8. The molecule has 0 rings (SSSR count). The van der Waals surface area contributed by atoms with Crippen molar-refractivity contribution in [2.45, 2.75) is 57.8 Å². The Labute approximate surface area is 113 Å². The minimum Gasteiger partial charge on any atom is -0.463 e. The lowest BCUT2D eigenvalue weighted by molar-refractivity contribution is -0.137. The van der Waals surface area contributed by atoms with Crippen molar-refractivity contribution in [2.24, 2.45) is 0 Å². The molecule has 0 saturated heterocycles. The largest absolute Gasteiger partial charge is 0.463 e. The summed E-state index contributed by atoms with van der Waals surface area (Å²) in [6.45, 7) is 11.2. The van der Waals surface area contributed by atoms with E-state index in [1.807, 2.05) is 0 Å². The van der Waals surface area contributed by atoms with E-state index >= 15 is 0 Å². The second-order valence-electron chi connectivity index (χ2n) is 4.58. The van der Waals surface area contributed by atoms with Gasteiger partial charge in [0.25, 0.3) is 0 Å². The molecule has 2 atom stereocenters. The Hall–Kier alpha value is -0.613. The van der Waals surface area contributed by atoms with Crippen LogP contribution in [0.2, 0.25) is 12.1 Å². The van der Waals surface area contributed by atoms with E-state index in [0.717, 1.165) is 19.4 Å². The summed E-state index contributed by atoms with van der Waals surface area (Å²) in [7, 11) is -0.803. The van der Waals surface area contributed by atoms with Gasteiger partial charge in [-0.2, -0.15) is 0 Å². The topological polar surface area (TPSA) is 35.5 Å². The maximum Gasteiger partial charge on any atom is 0.330 e. The van der Waals surface area contributed by atoms with Gasteiger partial charge in [0.2, 0.25) is 0 Å². The number of hydrogen-bond donors (Lipinski definition) is 0. The van der Waals surface area contributed by atoms with Crippen LogP contribution in [0.15, 0.2) is 12.7 Å². The molecule has 0 spiro atoms. The molecular formula is C14H28O3Si. The Kier molecular flexibility index (Phi) is 11.1. The molecule has 0 aromatic carbocycles. The zero-order valence-corrected chi connectivity index (χ0v) is 13.3. The average molecular weight is 272 g/mol. The number of hydrogen-bond acceptors (Lipinski definition) is 3. The van der Waals surface area contributed by atoms with E-state index in [4.69, 9.17) is 9.47 Å². The van der Waals surface area contributed by atoms with Crippen molar-refractivity contribution in [1.82, 2.24) is 0 Å². The summed E-state index contributed by atoms with van der Waals surface area (Å²) in [4.78, 5) is 10.9. The van der Waals surface area contributed by atoms with Crippen LogP contribution in [-0.2, 0) is 14.3 Å². The first kappa shape index (κ1) is 17.4. The maximum atomic E-state index is 10.9. The van der Waals surface area contributed by atoms with Gasteiger partial charge < -0.3 is 9.47 Å². The lowest BCUT2D eigenvalue weighted by Gasteiger charge is -2.22. The Bertz CT molecular complexity index is 231. The van der Waals surface area contributed by atoms with E-state index in [0.29, 0.717) is 12.3 Å². The molecule has 106 valence electrons. The van der Waals surface area contributed by atoms with E-state index in [-0.39, 0.29) is 5.97 Å². The fraction of sp³-hybridized carbons (Fsp3) is 0.786. The van der Waals surface area contributed by atoms with E-state index in [9.17, 15) is 4.79 Å². The van der Waals surface area contributed by atoms with Gasteiger partial charge in [-0.1, -0.05) is 38.4 Å². The number of carbonyl (C=O) groups excluding carboxylic acids is 1. The highest BCUT2D eigenvalue weighted by molar-refractivity contribution is 6.60. The monoisotopic (exact) mass is 272 g/mol. The molecule has 18 heavy (non-hydrogen) atoms. The third-order valence-electron chi connectivity index (χ3n) is 3.13. The van der Waals surface area contributed by atoms with E-state index < -0.39 is 8.80 Å². The van der Waals surface area contributed by atoms with Crippen LogP contribution in [0.25, 0.3) is 0 Å². The Balaban J connectivity index is 3.75. The van der Waals surface area contributed by atoms with E-state index in [1.165, 1.54) is 24.6 Å². The molecule has 0 aromatic rings. The molecular weight excluding hydrogens is 244 g/mol. The Morgan fingerprint density at radius 1 is 1.33 bits per heavy atom. The normalized spacial score (nSPS) is 13.9. The quantitative estimate of drug-likeness (QED) is 0.251. The van der Waals surface area contributed by atoms with Crippen LogP contribution in [0.4, 0.5) is 0 Å². The van der Waals surface area contributed by atoms with E-state index in [2.05, 4.69) is 27.4 Å². The molecule has 0 aliphatic heterocycles. The van der Waals surface area contributed by atoms with Gasteiger partial charge in [0.15, 0.2) is 0 Å². The van der Waals surface area contributed by atoms with Crippen LogP contribution in [-0.4, -0.2) is 33.7 Å². The van der Waals surface area contributed by atoms with Crippen LogP contribution in [0.5, 0.6) is 0 Å². The summed E-state index contributed by atoms with van der Waals surface area (Å²) in [6, 6.07) is 2.62. The van der Waals surface area contributed by atoms with Crippen LogP contribution in [0.3, 0.4) is 0 Å². The van der Waals surface area contributed by atoms with Gasteiger partial charge in [0, 0.05) is 18.4 Å². The average Bonchev–Trinajstić information content (AvgIpc) is 2.37. The molecule has 0 aromatic heterocycles. The van der Waals surface area contributed by atoms with Gasteiger partial charge in [-0.15, -0.1) is 0 Å². The molecule has 0 bridgehead atoms. The Morgan fingerprint density at radius 3 is 2.61 bits per heavy atom. The predicted octanol–water partition coefficient (Wildman–Crippen LogP) is 3.10. The molecule has 0 amide bonds. The molecule has 0 heterocycles. The molecule has 4 heteroatoms. The maximum absolute atomic E-state index is 10.9. The highest BCUT2D eigenvalue weighted by atomic mass is 28.3. The zero-order valence-electron chi connectivity index (χ0n) is 12.1. The summed E-state index contributed by atoms with van der Waals surface area (Å²) < 4.78 is 10.7. The SMILES string of the molecule is C=CC(=O)OCCCC[SiH](CCC)C(C)OCC. The van der Waals surface area contributed by atoms with Crippen LogP contribution >= 0.6 is 0 Å². The second kappa shape index (κ2) is 11.5. The molecule has 0 aliphatic carbocycles. The number of esters is 1.